The molecule has 1 fully saturated rings. The van der Waals surface area contributed by atoms with Crippen LogP contribution in [0.2, 0.25) is 0 Å². The molecule has 0 saturated carbocycles. The normalized spacial score (nSPS) is 20.7. The average molecular weight is 385 g/mol. The molecule has 1 N–H and O–H groups in total. The molecule has 3 rings (SSSR count). The third-order valence-electron chi connectivity index (χ3n) is 5.18. The summed E-state index contributed by atoms with van der Waals surface area (Å²) in [6, 6.07) is 15.6. The number of hydrogen-bond donors (Lipinski definition) is 1. The molecule has 0 bridgehead atoms. The minimum atomic E-state index is -0.756. The van der Waals surface area contributed by atoms with Crippen LogP contribution in [0.15, 0.2) is 52.3 Å². The van der Waals surface area contributed by atoms with E-state index in [1.54, 1.807) is 0 Å². The fourth-order valence-corrected chi connectivity index (χ4v) is 4.77. The molecule has 2 atom stereocenters. The van der Waals surface area contributed by atoms with E-state index in [-0.39, 0.29) is 18.6 Å². The van der Waals surface area contributed by atoms with E-state index >= 15 is 0 Å². The second kappa shape index (κ2) is 8.36. The monoisotopic (exact) mass is 384 g/mol. The number of rotatable bonds is 5. The molecule has 144 valence electrons. The largest absolute Gasteiger partial charge is 0.480 e. The van der Waals surface area contributed by atoms with Gasteiger partial charge in [-0.15, -0.1) is 0 Å². The second-order valence-electron chi connectivity index (χ2n) is 7.51. The zero-order chi connectivity index (χ0) is 19.6. The van der Waals surface area contributed by atoms with Gasteiger partial charge in [0.25, 0.3) is 0 Å². The minimum absolute atomic E-state index is 0.109. The predicted molar refractivity (Wildman–Crippen MR) is 112 cm³/mol. The van der Waals surface area contributed by atoms with Gasteiger partial charge in [0, 0.05) is 35.0 Å². The molecule has 0 aromatic heterocycles. The number of carboxylic acid groups (broad SMARTS) is 1. The number of para-hydroxylation sites is 1. The van der Waals surface area contributed by atoms with Crippen molar-refractivity contribution in [2.24, 2.45) is 0 Å². The number of nitrogens with zero attached hydrogens (tertiary/aromatic N) is 2. The van der Waals surface area contributed by atoms with Gasteiger partial charge in [0.05, 0.1) is 12.2 Å². The average Bonchev–Trinajstić information content (AvgIpc) is 2.60. The molecule has 27 heavy (non-hydrogen) atoms. The highest BCUT2D eigenvalue weighted by atomic mass is 32.2. The van der Waals surface area contributed by atoms with Gasteiger partial charge >= 0.3 is 5.97 Å². The summed E-state index contributed by atoms with van der Waals surface area (Å²) in [7, 11) is 0. The van der Waals surface area contributed by atoms with Crippen molar-refractivity contribution >= 4 is 23.4 Å². The molecule has 1 heterocycles. The highest BCUT2D eigenvalue weighted by molar-refractivity contribution is 7.99. The third-order valence-corrected chi connectivity index (χ3v) is 6.42. The number of aliphatic carboxylic acids is 1. The zero-order valence-electron chi connectivity index (χ0n) is 16.5. The van der Waals surface area contributed by atoms with Crippen LogP contribution in [0.4, 0.5) is 5.69 Å². The van der Waals surface area contributed by atoms with Crippen molar-refractivity contribution in [1.82, 2.24) is 4.90 Å². The Balaban J connectivity index is 1.84. The molecule has 0 spiro atoms. The maximum absolute atomic E-state index is 11.1. The molecule has 0 aliphatic carbocycles. The van der Waals surface area contributed by atoms with Gasteiger partial charge in [-0.05, 0) is 51.5 Å². The number of benzene rings is 2. The molecule has 5 heteroatoms. The molecular weight excluding hydrogens is 356 g/mol. The van der Waals surface area contributed by atoms with Gasteiger partial charge in [-0.1, -0.05) is 41.6 Å². The quantitative estimate of drug-likeness (QED) is 0.826. The summed E-state index contributed by atoms with van der Waals surface area (Å²) in [5.41, 5.74) is 3.81. The van der Waals surface area contributed by atoms with Gasteiger partial charge in [0.2, 0.25) is 0 Å². The van der Waals surface area contributed by atoms with Gasteiger partial charge in [-0.25, -0.2) is 0 Å². The Hall–Kier alpha value is -1.98. The summed E-state index contributed by atoms with van der Waals surface area (Å²) in [6.45, 7) is 10.3. The second-order valence-corrected chi connectivity index (χ2v) is 8.60. The van der Waals surface area contributed by atoms with E-state index < -0.39 is 5.97 Å². The maximum atomic E-state index is 11.1. The van der Waals surface area contributed by atoms with Gasteiger partial charge in [-0.2, -0.15) is 0 Å². The van der Waals surface area contributed by atoms with Crippen LogP contribution in [0.3, 0.4) is 0 Å². The first-order valence-corrected chi connectivity index (χ1v) is 10.2. The molecule has 0 amide bonds. The van der Waals surface area contributed by atoms with Crippen LogP contribution in [0, 0.1) is 13.8 Å². The molecule has 1 aliphatic rings. The summed E-state index contributed by atoms with van der Waals surface area (Å²) in [6.07, 6.45) is 0. The topological polar surface area (TPSA) is 43.8 Å². The highest BCUT2D eigenvalue weighted by Gasteiger charge is 2.31. The summed E-state index contributed by atoms with van der Waals surface area (Å²) < 4.78 is 0. The van der Waals surface area contributed by atoms with Gasteiger partial charge < -0.3 is 10.0 Å². The minimum Gasteiger partial charge on any atom is -0.480 e. The summed E-state index contributed by atoms with van der Waals surface area (Å²) in [5, 5.41) is 9.15. The van der Waals surface area contributed by atoms with Crippen LogP contribution in [-0.4, -0.2) is 47.7 Å². The smallest absolute Gasteiger partial charge is 0.317 e. The summed E-state index contributed by atoms with van der Waals surface area (Å²) in [4.78, 5) is 18.1. The van der Waals surface area contributed by atoms with Gasteiger partial charge in [0.1, 0.15) is 0 Å². The lowest BCUT2D eigenvalue weighted by molar-refractivity contribution is -0.139. The highest BCUT2D eigenvalue weighted by Crippen LogP contribution is 2.38. The number of hydrogen-bond acceptors (Lipinski definition) is 4. The fraction of sp³-hybridized carbons (Fsp3) is 0.409. The molecular formula is C22H28N2O2S. The number of aryl methyl sites for hydroxylation is 2. The van der Waals surface area contributed by atoms with Crippen molar-refractivity contribution in [1.29, 1.82) is 0 Å². The van der Waals surface area contributed by atoms with E-state index in [0.717, 1.165) is 13.1 Å². The van der Waals surface area contributed by atoms with Gasteiger partial charge in [-0.3, -0.25) is 9.69 Å². The van der Waals surface area contributed by atoms with Crippen LogP contribution < -0.4 is 4.90 Å². The predicted octanol–water partition coefficient (Wildman–Crippen LogP) is 4.44. The van der Waals surface area contributed by atoms with Crippen molar-refractivity contribution in [3.63, 3.8) is 0 Å². The van der Waals surface area contributed by atoms with Crippen LogP contribution in [-0.2, 0) is 4.79 Å². The lowest BCUT2D eigenvalue weighted by Crippen LogP contribution is -2.57. The van der Waals surface area contributed by atoms with Crippen LogP contribution >= 0.6 is 11.8 Å². The molecule has 4 nitrogen and oxygen atoms in total. The number of anilines is 1. The molecule has 0 unspecified atom stereocenters. The lowest BCUT2D eigenvalue weighted by Gasteiger charge is -2.45. The van der Waals surface area contributed by atoms with Crippen molar-refractivity contribution in [2.45, 2.75) is 49.6 Å². The van der Waals surface area contributed by atoms with Crippen molar-refractivity contribution < 1.29 is 9.90 Å². The van der Waals surface area contributed by atoms with Crippen LogP contribution in [0.1, 0.15) is 25.0 Å². The molecule has 2 aromatic carbocycles. The number of piperazine rings is 1. The van der Waals surface area contributed by atoms with E-state index in [1.807, 2.05) is 11.8 Å². The van der Waals surface area contributed by atoms with Crippen molar-refractivity contribution in [2.75, 3.05) is 24.5 Å². The van der Waals surface area contributed by atoms with Crippen LogP contribution in [0.5, 0.6) is 0 Å². The SMILES string of the molecule is Cc1ccc(Sc2ccccc2N2C[C@H](C)N(CC(=O)O)C[C@H]2C)c(C)c1. The van der Waals surface area contributed by atoms with E-state index in [4.69, 9.17) is 5.11 Å². The Bertz CT molecular complexity index is 824. The van der Waals surface area contributed by atoms with Gasteiger partial charge in [0.15, 0.2) is 0 Å². The Kier molecular flexibility index (Phi) is 6.12. The van der Waals surface area contributed by atoms with E-state index in [2.05, 4.69) is 80.0 Å². The number of carbonyl (C=O) groups is 1. The first kappa shape index (κ1) is 19.8. The molecule has 0 radical (unpaired) electrons. The first-order valence-electron chi connectivity index (χ1n) is 9.41. The summed E-state index contributed by atoms with van der Waals surface area (Å²) >= 11 is 1.81. The van der Waals surface area contributed by atoms with Crippen LogP contribution in [0.25, 0.3) is 0 Å². The molecule has 2 aromatic rings. The van der Waals surface area contributed by atoms with E-state index in [0.29, 0.717) is 0 Å². The standard InChI is InChI=1S/C22H28N2O2S/c1-15-9-10-20(16(2)11-15)27-21-8-6-5-7-19(21)24-13-17(3)23(12-18(24)4)14-22(25)26/h5-11,17-18H,12-14H2,1-4H3,(H,25,26)/t17-,18+/m0/s1. The Morgan fingerprint density at radius 3 is 2.52 bits per heavy atom. The first-order chi connectivity index (χ1) is 12.8. The zero-order valence-corrected chi connectivity index (χ0v) is 17.3. The maximum Gasteiger partial charge on any atom is 0.317 e. The Labute approximate surface area is 166 Å². The number of carboxylic acids is 1. The fourth-order valence-electron chi connectivity index (χ4n) is 3.74. The third kappa shape index (κ3) is 4.66. The Morgan fingerprint density at radius 2 is 1.81 bits per heavy atom. The van der Waals surface area contributed by atoms with Crippen molar-refractivity contribution in [3.05, 3.63) is 53.6 Å². The van der Waals surface area contributed by atoms with E-state index in [9.17, 15) is 4.79 Å². The summed E-state index contributed by atoms with van der Waals surface area (Å²) in [5.74, 6) is -0.756. The molecule has 1 saturated heterocycles. The Morgan fingerprint density at radius 1 is 1.07 bits per heavy atom. The van der Waals surface area contributed by atoms with Crippen molar-refractivity contribution in [3.8, 4) is 0 Å². The lowest BCUT2D eigenvalue weighted by atomic mass is 10.1. The van der Waals surface area contributed by atoms with E-state index in [1.165, 1.54) is 26.6 Å². The molecule has 1 aliphatic heterocycles.